The summed E-state index contributed by atoms with van der Waals surface area (Å²) in [7, 11) is 0. The summed E-state index contributed by atoms with van der Waals surface area (Å²) < 4.78 is 4.95. The van der Waals surface area contributed by atoms with Crippen molar-refractivity contribution in [3.05, 3.63) is 57.8 Å². The van der Waals surface area contributed by atoms with Crippen LogP contribution in [-0.4, -0.2) is 18.5 Å². The predicted molar refractivity (Wildman–Crippen MR) is 82.0 cm³/mol. The van der Waals surface area contributed by atoms with E-state index in [-0.39, 0.29) is 24.9 Å². The number of nitrogens with one attached hydrogen (secondary N) is 1. The normalized spacial score (nSPS) is 10.1. The van der Waals surface area contributed by atoms with E-state index in [1.165, 1.54) is 11.3 Å². The largest absolute Gasteiger partial charge is 0.455 e. The molecule has 4 nitrogen and oxygen atoms in total. The van der Waals surface area contributed by atoms with Gasteiger partial charge in [0.15, 0.2) is 6.61 Å². The number of carbonyl (C=O) groups excluding carboxylic acids is 2. The van der Waals surface area contributed by atoms with E-state index in [1.807, 2.05) is 48.7 Å². The highest BCUT2D eigenvalue weighted by Gasteiger charge is 2.09. The minimum absolute atomic E-state index is 0.211. The maximum absolute atomic E-state index is 11.6. The third-order valence-electron chi connectivity index (χ3n) is 3.00. The van der Waals surface area contributed by atoms with Gasteiger partial charge >= 0.3 is 5.97 Å². The quantitative estimate of drug-likeness (QED) is 0.834. The molecule has 21 heavy (non-hydrogen) atoms. The van der Waals surface area contributed by atoms with Gasteiger partial charge in [0.05, 0.1) is 6.42 Å². The molecule has 0 aliphatic heterocycles. The van der Waals surface area contributed by atoms with E-state index in [0.29, 0.717) is 6.54 Å². The molecule has 2 aromatic rings. The monoisotopic (exact) mass is 303 g/mol. The van der Waals surface area contributed by atoms with Gasteiger partial charge in [-0.3, -0.25) is 9.59 Å². The Balaban J connectivity index is 1.70. The highest BCUT2D eigenvalue weighted by atomic mass is 32.1. The summed E-state index contributed by atoms with van der Waals surface area (Å²) in [5, 5.41) is 4.64. The van der Waals surface area contributed by atoms with E-state index in [2.05, 4.69) is 5.32 Å². The van der Waals surface area contributed by atoms with Crippen LogP contribution in [0.3, 0.4) is 0 Å². The van der Waals surface area contributed by atoms with Gasteiger partial charge in [0, 0.05) is 11.4 Å². The lowest BCUT2D eigenvalue weighted by atomic mass is 10.1. The van der Waals surface area contributed by atoms with Crippen LogP contribution in [0.4, 0.5) is 0 Å². The van der Waals surface area contributed by atoms with Gasteiger partial charge in [-0.2, -0.15) is 0 Å². The fourth-order valence-corrected chi connectivity index (χ4v) is 2.50. The Morgan fingerprint density at radius 1 is 1.19 bits per heavy atom. The molecule has 2 rings (SSSR count). The van der Waals surface area contributed by atoms with Crippen LogP contribution in [0.5, 0.6) is 0 Å². The van der Waals surface area contributed by atoms with Crippen LogP contribution < -0.4 is 5.32 Å². The lowest BCUT2D eigenvalue weighted by Gasteiger charge is -2.08. The molecule has 0 bridgehead atoms. The molecule has 1 aromatic carbocycles. The maximum atomic E-state index is 11.6. The van der Waals surface area contributed by atoms with E-state index in [4.69, 9.17) is 4.74 Å². The van der Waals surface area contributed by atoms with Crippen molar-refractivity contribution in [2.75, 3.05) is 6.61 Å². The summed E-state index contributed by atoms with van der Waals surface area (Å²) in [4.78, 5) is 24.1. The second-order valence-corrected chi connectivity index (χ2v) is 5.65. The Labute approximate surface area is 127 Å². The van der Waals surface area contributed by atoms with Crippen molar-refractivity contribution in [1.29, 1.82) is 0 Å². The standard InChI is InChI=1S/C16H17NO3S/c1-12-5-2-3-6-13(12)10-17-15(18)11-20-16(19)9-14-7-4-8-21-14/h2-8H,9-11H2,1H3,(H,17,18). The van der Waals surface area contributed by atoms with Gasteiger partial charge in [0.2, 0.25) is 0 Å². The van der Waals surface area contributed by atoms with Crippen LogP contribution in [0.2, 0.25) is 0 Å². The van der Waals surface area contributed by atoms with Gasteiger partial charge in [-0.1, -0.05) is 30.3 Å². The first-order valence-electron chi connectivity index (χ1n) is 6.64. The van der Waals surface area contributed by atoms with Gasteiger partial charge in [-0.15, -0.1) is 11.3 Å². The lowest BCUT2D eigenvalue weighted by molar-refractivity contribution is -0.147. The van der Waals surface area contributed by atoms with E-state index in [0.717, 1.165) is 16.0 Å². The van der Waals surface area contributed by atoms with Crippen LogP contribution in [-0.2, 0) is 27.3 Å². The number of rotatable bonds is 6. The number of ether oxygens (including phenoxy) is 1. The molecule has 0 fully saturated rings. The molecule has 0 unspecified atom stereocenters. The van der Waals surface area contributed by atoms with Crippen molar-refractivity contribution < 1.29 is 14.3 Å². The summed E-state index contributed by atoms with van der Waals surface area (Å²) in [5.41, 5.74) is 2.17. The molecule has 110 valence electrons. The second kappa shape index (κ2) is 7.59. The average molecular weight is 303 g/mol. The summed E-state index contributed by atoms with van der Waals surface area (Å²) in [6.45, 7) is 2.19. The van der Waals surface area contributed by atoms with Gasteiger partial charge in [0.25, 0.3) is 5.91 Å². The number of hydrogen-bond donors (Lipinski definition) is 1. The van der Waals surface area contributed by atoms with Crippen LogP contribution >= 0.6 is 11.3 Å². The van der Waals surface area contributed by atoms with Gasteiger partial charge in [-0.05, 0) is 29.5 Å². The highest BCUT2D eigenvalue weighted by Crippen LogP contribution is 2.09. The Morgan fingerprint density at radius 3 is 2.71 bits per heavy atom. The SMILES string of the molecule is Cc1ccccc1CNC(=O)COC(=O)Cc1cccs1. The first-order valence-corrected chi connectivity index (χ1v) is 7.52. The first kappa shape index (κ1) is 15.3. The molecule has 0 spiro atoms. The molecule has 0 aliphatic rings. The predicted octanol–water partition coefficient (Wildman–Crippen LogP) is 2.46. The molecule has 0 saturated heterocycles. The zero-order chi connectivity index (χ0) is 15.1. The summed E-state index contributed by atoms with van der Waals surface area (Å²) in [6, 6.07) is 11.6. The van der Waals surface area contributed by atoms with Crippen molar-refractivity contribution in [2.45, 2.75) is 19.9 Å². The number of amides is 1. The zero-order valence-electron chi connectivity index (χ0n) is 11.8. The van der Waals surface area contributed by atoms with Crippen LogP contribution in [0.1, 0.15) is 16.0 Å². The van der Waals surface area contributed by atoms with Crippen LogP contribution in [0.15, 0.2) is 41.8 Å². The van der Waals surface area contributed by atoms with E-state index in [1.54, 1.807) is 0 Å². The molecule has 1 amide bonds. The minimum Gasteiger partial charge on any atom is -0.455 e. The highest BCUT2D eigenvalue weighted by molar-refractivity contribution is 7.10. The molecule has 0 atom stereocenters. The molecule has 1 N–H and O–H groups in total. The fraction of sp³-hybridized carbons (Fsp3) is 0.250. The Bertz CT molecular complexity index is 608. The van der Waals surface area contributed by atoms with Crippen LogP contribution in [0, 0.1) is 6.92 Å². The Morgan fingerprint density at radius 2 is 2.00 bits per heavy atom. The Kier molecular flexibility index (Phi) is 5.51. The lowest BCUT2D eigenvalue weighted by Crippen LogP contribution is -2.28. The van der Waals surface area contributed by atoms with E-state index < -0.39 is 0 Å². The second-order valence-electron chi connectivity index (χ2n) is 4.62. The molecule has 5 heteroatoms. The molecule has 0 saturated carbocycles. The summed E-state index contributed by atoms with van der Waals surface area (Å²) in [6.07, 6.45) is 0.211. The smallest absolute Gasteiger partial charge is 0.311 e. The number of benzene rings is 1. The third kappa shape index (κ3) is 5.04. The maximum Gasteiger partial charge on any atom is 0.311 e. The van der Waals surface area contributed by atoms with Crippen molar-refractivity contribution in [3.8, 4) is 0 Å². The Hall–Kier alpha value is -2.14. The van der Waals surface area contributed by atoms with Gasteiger partial charge < -0.3 is 10.1 Å². The molecule has 1 heterocycles. The number of carbonyl (C=O) groups is 2. The molecular weight excluding hydrogens is 286 g/mol. The summed E-state index contributed by atoms with van der Waals surface area (Å²) in [5.74, 6) is -0.679. The molecule has 0 aliphatic carbocycles. The van der Waals surface area contributed by atoms with E-state index in [9.17, 15) is 9.59 Å². The first-order chi connectivity index (χ1) is 10.1. The fourth-order valence-electron chi connectivity index (χ4n) is 1.81. The van der Waals surface area contributed by atoms with Crippen molar-refractivity contribution in [2.24, 2.45) is 0 Å². The van der Waals surface area contributed by atoms with Crippen LogP contribution in [0.25, 0.3) is 0 Å². The molecule has 0 radical (unpaired) electrons. The van der Waals surface area contributed by atoms with E-state index >= 15 is 0 Å². The number of aryl methyl sites for hydroxylation is 1. The minimum atomic E-state index is -0.386. The van der Waals surface area contributed by atoms with Crippen molar-refractivity contribution >= 4 is 23.2 Å². The molecule has 1 aromatic heterocycles. The van der Waals surface area contributed by atoms with Gasteiger partial charge in [0.1, 0.15) is 0 Å². The molecular formula is C16H17NO3S. The summed E-state index contributed by atoms with van der Waals surface area (Å²) >= 11 is 1.49. The van der Waals surface area contributed by atoms with Gasteiger partial charge in [-0.25, -0.2) is 0 Å². The number of esters is 1. The number of hydrogen-bond acceptors (Lipinski definition) is 4. The topological polar surface area (TPSA) is 55.4 Å². The number of thiophene rings is 1. The van der Waals surface area contributed by atoms with Crippen molar-refractivity contribution in [1.82, 2.24) is 5.32 Å². The zero-order valence-corrected chi connectivity index (χ0v) is 12.6. The average Bonchev–Trinajstić information content (AvgIpc) is 2.97. The van der Waals surface area contributed by atoms with Crippen molar-refractivity contribution in [3.63, 3.8) is 0 Å². The third-order valence-corrected chi connectivity index (χ3v) is 3.88.